The predicted molar refractivity (Wildman–Crippen MR) is 49.8 cm³/mol. The first-order valence-electron chi connectivity index (χ1n) is 3.22. The Hall–Kier alpha value is -0.980. The molecule has 0 aromatic heterocycles. The summed E-state index contributed by atoms with van der Waals surface area (Å²) >= 11 is 4.29. The summed E-state index contributed by atoms with van der Waals surface area (Å²) < 4.78 is 19.9. The van der Waals surface area contributed by atoms with E-state index >= 15 is 0 Å². The van der Waals surface area contributed by atoms with Crippen molar-refractivity contribution in [1.82, 2.24) is 0 Å². The molecule has 0 saturated heterocycles. The van der Waals surface area contributed by atoms with Crippen LogP contribution >= 0.6 is 0 Å². The fraction of sp³-hybridized carbons (Fsp3) is 0. The molecule has 1 aromatic carbocycles. The van der Waals surface area contributed by atoms with Crippen molar-refractivity contribution in [2.75, 3.05) is 0 Å². The highest BCUT2D eigenvalue weighted by atomic mass is 32.8. The van der Waals surface area contributed by atoms with Gasteiger partial charge in [-0.25, -0.2) is 9.00 Å². The van der Waals surface area contributed by atoms with Gasteiger partial charge in [0, 0.05) is 11.2 Å². The molecule has 13 heavy (non-hydrogen) atoms. The fourth-order valence-corrected chi connectivity index (χ4v) is 1.63. The lowest BCUT2D eigenvalue weighted by molar-refractivity contribution is 0.0696. The van der Waals surface area contributed by atoms with Crippen LogP contribution in [0.25, 0.3) is 0 Å². The van der Waals surface area contributed by atoms with Crippen LogP contribution in [0.5, 0.6) is 0 Å². The monoisotopic (exact) mass is 218 g/mol. The van der Waals surface area contributed by atoms with Crippen LogP contribution in [0.4, 0.5) is 0 Å². The Bertz CT molecular complexity index is 436. The van der Waals surface area contributed by atoms with Gasteiger partial charge in [0.05, 0.1) is 10.5 Å². The van der Waals surface area contributed by atoms with Gasteiger partial charge in [-0.3, -0.25) is 0 Å². The molecular formula is C7H6O4S2. The van der Waals surface area contributed by atoms with Gasteiger partial charge in [0.25, 0.3) is 0 Å². The molecule has 0 amide bonds. The first-order chi connectivity index (χ1) is 5.91. The van der Waals surface area contributed by atoms with Crippen LogP contribution in [-0.4, -0.2) is 19.8 Å². The largest absolute Gasteiger partial charge is 0.478 e. The summed E-state index contributed by atoms with van der Waals surface area (Å²) in [6.07, 6.45) is 0. The highest BCUT2D eigenvalue weighted by Crippen LogP contribution is 2.11. The minimum Gasteiger partial charge on any atom is -0.478 e. The molecule has 0 fully saturated rings. The standard InChI is InChI=1S/C7H6O4S2/c8-7(9)5-2-1-3-6(4-5)13(10,11)12/h1-4H,(H,8,9)(H,10,11,12). The van der Waals surface area contributed by atoms with Gasteiger partial charge in [-0.15, -0.1) is 0 Å². The molecule has 0 heterocycles. The third kappa shape index (κ3) is 2.48. The van der Waals surface area contributed by atoms with Crippen molar-refractivity contribution in [3.8, 4) is 0 Å². The average Bonchev–Trinajstić information content (AvgIpc) is 2.03. The van der Waals surface area contributed by atoms with Gasteiger partial charge in [-0.05, 0) is 18.2 Å². The van der Waals surface area contributed by atoms with Gasteiger partial charge in [0.1, 0.15) is 0 Å². The second-order valence-corrected chi connectivity index (χ2v) is 5.09. The van der Waals surface area contributed by atoms with Gasteiger partial charge in [-0.1, -0.05) is 6.07 Å². The van der Waals surface area contributed by atoms with Crippen molar-refractivity contribution in [2.45, 2.75) is 4.90 Å². The maximum absolute atomic E-state index is 10.9. The smallest absolute Gasteiger partial charge is 0.335 e. The van der Waals surface area contributed by atoms with E-state index in [9.17, 15) is 9.00 Å². The van der Waals surface area contributed by atoms with E-state index in [0.29, 0.717) is 0 Å². The molecule has 1 unspecified atom stereocenters. The lowest BCUT2D eigenvalue weighted by Gasteiger charge is -1.99. The Balaban J connectivity index is 3.29. The number of rotatable bonds is 2. The number of carbonyl (C=O) groups is 1. The van der Waals surface area contributed by atoms with Crippen molar-refractivity contribution in [1.29, 1.82) is 0 Å². The van der Waals surface area contributed by atoms with E-state index < -0.39 is 14.7 Å². The zero-order valence-corrected chi connectivity index (χ0v) is 7.97. The molecular weight excluding hydrogens is 212 g/mol. The molecule has 0 spiro atoms. The van der Waals surface area contributed by atoms with Crippen molar-refractivity contribution >= 4 is 25.9 Å². The van der Waals surface area contributed by atoms with Crippen LogP contribution in [0.3, 0.4) is 0 Å². The predicted octanol–water partition coefficient (Wildman–Crippen LogP) is 0.963. The van der Waals surface area contributed by atoms with E-state index in [1.165, 1.54) is 18.2 Å². The molecule has 70 valence electrons. The molecule has 0 aliphatic heterocycles. The van der Waals surface area contributed by atoms with Crippen LogP contribution in [0.15, 0.2) is 29.2 Å². The molecule has 0 radical (unpaired) electrons. The van der Waals surface area contributed by atoms with Crippen LogP contribution in [0.1, 0.15) is 10.4 Å². The maximum Gasteiger partial charge on any atom is 0.335 e. The van der Waals surface area contributed by atoms with Gasteiger partial charge in [-0.2, -0.15) is 0 Å². The summed E-state index contributed by atoms with van der Waals surface area (Å²) in [6, 6.07) is 5.12. The lowest BCUT2D eigenvalue weighted by Crippen LogP contribution is -2.00. The van der Waals surface area contributed by atoms with Crippen LogP contribution in [0, 0.1) is 0 Å². The van der Waals surface area contributed by atoms with Crippen LogP contribution in [0.2, 0.25) is 0 Å². The highest BCUT2D eigenvalue weighted by molar-refractivity contribution is 8.29. The number of hydrogen-bond acceptors (Lipinski definition) is 3. The van der Waals surface area contributed by atoms with Crippen molar-refractivity contribution in [2.24, 2.45) is 0 Å². The first kappa shape index (κ1) is 10.1. The maximum atomic E-state index is 10.9. The van der Waals surface area contributed by atoms with Crippen LogP contribution < -0.4 is 0 Å². The Morgan fingerprint density at radius 3 is 2.54 bits per heavy atom. The topological polar surface area (TPSA) is 74.6 Å². The Morgan fingerprint density at radius 1 is 1.46 bits per heavy atom. The summed E-state index contributed by atoms with van der Waals surface area (Å²) in [6.45, 7) is 0. The summed E-state index contributed by atoms with van der Waals surface area (Å²) in [5, 5.41) is 8.57. The van der Waals surface area contributed by atoms with Gasteiger partial charge in [0.2, 0.25) is 0 Å². The van der Waals surface area contributed by atoms with Gasteiger partial charge < -0.3 is 9.66 Å². The molecule has 4 nitrogen and oxygen atoms in total. The number of aromatic carboxylic acids is 1. The molecule has 6 heteroatoms. The number of carboxylic acid groups (broad SMARTS) is 1. The molecule has 2 N–H and O–H groups in total. The summed E-state index contributed by atoms with van der Waals surface area (Å²) in [5.74, 6) is -1.15. The Labute approximate surface area is 79.7 Å². The van der Waals surface area contributed by atoms with Crippen molar-refractivity contribution < 1.29 is 18.7 Å². The van der Waals surface area contributed by atoms with E-state index in [1.807, 2.05) is 0 Å². The van der Waals surface area contributed by atoms with Crippen LogP contribution in [-0.2, 0) is 20.0 Å². The summed E-state index contributed by atoms with van der Waals surface area (Å²) in [5.41, 5.74) is -0.0517. The average molecular weight is 218 g/mol. The number of hydrogen-bond donors (Lipinski definition) is 2. The Kier molecular flexibility index (Phi) is 2.65. The van der Waals surface area contributed by atoms with E-state index in [4.69, 9.17) is 9.66 Å². The minimum absolute atomic E-state index is 0.0517. The third-order valence-corrected chi connectivity index (χ3v) is 2.81. The molecule has 0 bridgehead atoms. The van der Waals surface area contributed by atoms with Crippen molar-refractivity contribution in [3.05, 3.63) is 29.8 Å². The molecule has 0 saturated carbocycles. The highest BCUT2D eigenvalue weighted by Gasteiger charge is 2.08. The van der Waals surface area contributed by atoms with E-state index in [2.05, 4.69) is 11.2 Å². The second kappa shape index (κ2) is 3.41. The second-order valence-electron chi connectivity index (χ2n) is 2.31. The number of carboxylic acids is 1. The molecule has 1 rings (SSSR count). The Morgan fingerprint density at radius 2 is 2.08 bits per heavy atom. The summed E-state index contributed by atoms with van der Waals surface area (Å²) in [4.78, 5) is 10.4. The molecule has 1 aromatic rings. The third-order valence-electron chi connectivity index (χ3n) is 1.38. The first-order valence-corrected chi connectivity index (χ1v) is 5.66. The molecule has 1 atom stereocenters. The lowest BCUT2D eigenvalue weighted by atomic mass is 10.2. The van der Waals surface area contributed by atoms with E-state index in [1.54, 1.807) is 0 Å². The zero-order chi connectivity index (χ0) is 10.1. The fourth-order valence-electron chi connectivity index (χ4n) is 0.790. The van der Waals surface area contributed by atoms with E-state index in [0.717, 1.165) is 6.07 Å². The molecule has 0 aliphatic rings. The van der Waals surface area contributed by atoms with Gasteiger partial charge in [0.15, 0.2) is 8.77 Å². The minimum atomic E-state index is -3.49. The SMILES string of the molecule is O=C(O)c1cccc(S(=O)(O)=S)c1. The zero-order valence-electron chi connectivity index (χ0n) is 6.34. The van der Waals surface area contributed by atoms with E-state index in [-0.39, 0.29) is 10.5 Å². The van der Waals surface area contributed by atoms with Crippen molar-refractivity contribution in [3.63, 3.8) is 0 Å². The normalized spacial score (nSPS) is 14.8. The molecule has 0 aliphatic carbocycles. The summed E-state index contributed by atoms with van der Waals surface area (Å²) in [7, 11) is -3.49. The van der Waals surface area contributed by atoms with Gasteiger partial charge >= 0.3 is 5.97 Å². The quantitative estimate of drug-likeness (QED) is 0.773. The number of benzene rings is 1.